The third-order valence-electron chi connectivity index (χ3n) is 7.62. The molecular formula is C34H29N11O11S3. The van der Waals surface area contributed by atoms with Gasteiger partial charge in [-0.05, 0) is 60.7 Å². The van der Waals surface area contributed by atoms with E-state index in [-0.39, 0.29) is 44.8 Å². The number of carboxylic acids is 1. The number of hydrogen-bond donors (Lipinski definition) is 7. The summed E-state index contributed by atoms with van der Waals surface area (Å²) in [5, 5.41) is 45.3. The number of carboxylic acid groups (broad SMARTS) is 1. The van der Waals surface area contributed by atoms with Crippen LogP contribution in [0.4, 0.5) is 62.6 Å². The van der Waals surface area contributed by atoms with Gasteiger partial charge in [-0.15, -0.1) is 30.7 Å². The topological polar surface area (TPSA) is 349 Å². The van der Waals surface area contributed by atoms with E-state index in [4.69, 9.17) is 16.2 Å². The van der Waals surface area contributed by atoms with Gasteiger partial charge in [-0.25, -0.2) is 21.6 Å². The highest BCUT2D eigenvalue weighted by Crippen LogP contribution is 2.50. The van der Waals surface area contributed by atoms with Gasteiger partial charge < -0.3 is 26.6 Å². The highest BCUT2D eigenvalue weighted by Gasteiger charge is 2.27. The minimum absolute atomic E-state index is 0.00508. The number of methoxy groups -OCH3 is 1. The summed E-state index contributed by atoms with van der Waals surface area (Å²) in [7, 11) is -9.88. The Bertz CT molecular complexity index is 2870. The van der Waals surface area contributed by atoms with Gasteiger partial charge in [-0.2, -0.15) is 18.6 Å². The van der Waals surface area contributed by atoms with Gasteiger partial charge in [0.25, 0.3) is 10.1 Å². The summed E-state index contributed by atoms with van der Waals surface area (Å²) in [6.07, 6.45) is 0. The number of nitrogen functional groups attached to an aromatic ring is 2. The molecule has 304 valence electrons. The second kappa shape index (κ2) is 18.3. The first-order valence-electron chi connectivity index (χ1n) is 16.2. The maximum atomic E-state index is 12.8. The van der Waals surface area contributed by atoms with E-state index < -0.39 is 81.5 Å². The van der Waals surface area contributed by atoms with Crippen LogP contribution in [0.2, 0.25) is 0 Å². The molecule has 0 heterocycles. The van der Waals surface area contributed by atoms with Crippen LogP contribution in [0.5, 0.6) is 5.75 Å². The summed E-state index contributed by atoms with van der Waals surface area (Å²) >= 11 is 0. The Hall–Kier alpha value is -7.35. The van der Waals surface area contributed by atoms with Gasteiger partial charge in [0.05, 0.1) is 45.3 Å². The summed E-state index contributed by atoms with van der Waals surface area (Å²) < 4.78 is 84.8. The van der Waals surface area contributed by atoms with Crippen LogP contribution in [-0.2, 0) is 36.3 Å². The van der Waals surface area contributed by atoms with E-state index in [1.54, 1.807) is 30.3 Å². The number of amides is 1. The van der Waals surface area contributed by atoms with Gasteiger partial charge in [0.15, 0.2) is 21.4 Å². The molecule has 0 saturated heterocycles. The van der Waals surface area contributed by atoms with E-state index in [2.05, 4.69) is 46.2 Å². The number of carbonyl (C=O) groups excluding carboxylic acids is 1. The Morgan fingerprint density at radius 3 is 1.73 bits per heavy atom. The summed E-state index contributed by atoms with van der Waals surface area (Å²) in [6.45, 7) is 1.15. The number of rotatable bonds is 14. The molecule has 1 amide bonds. The largest absolute Gasteiger partial charge is 0.494 e. The molecule has 0 saturated carbocycles. The molecule has 5 aromatic rings. The molecule has 0 aliphatic rings. The number of azo groups is 4. The third-order valence-corrected chi connectivity index (χ3v) is 9.92. The fourth-order valence-electron chi connectivity index (χ4n) is 4.91. The van der Waals surface area contributed by atoms with Crippen molar-refractivity contribution in [1.82, 2.24) is 0 Å². The van der Waals surface area contributed by atoms with Crippen molar-refractivity contribution in [3.05, 3.63) is 90.5 Å². The SMILES string of the molecule is COc1cc(N=Nc2ccc([SH](=O)=O)cc2S(=O)(=O)O)c(NC(C)=O)cc1N=Nc1c(N)c(N=Nc2ccccc2)c(N)c(N=Nc2ccc([SH](=O)=O)cc2)c1C(=O)O. The number of nitrogens with zero attached hydrogens (tertiary/aromatic N) is 8. The van der Waals surface area contributed by atoms with Gasteiger partial charge >= 0.3 is 5.97 Å². The van der Waals surface area contributed by atoms with E-state index in [1.807, 2.05) is 0 Å². The molecule has 0 aliphatic heterocycles. The molecule has 0 radical (unpaired) electrons. The molecule has 0 fully saturated rings. The van der Waals surface area contributed by atoms with Crippen molar-refractivity contribution in [2.24, 2.45) is 40.9 Å². The minimum Gasteiger partial charge on any atom is -0.494 e. The van der Waals surface area contributed by atoms with Crippen molar-refractivity contribution < 1.29 is 49.2 Å². The van der Waals surface area contributed by atoms with Gasteiger partial charge in [0.1, 0.15) is 50.3 Å². The smallest absolute Gasteiger partial charge is 0.340 e. The highest BCUT2D eigenvalue weighted by molar-refractivity contribution is 7.86. The molecule has 0 atom stereocenters. The monoisotopic (exact) mass is 863 g/mol. The number of thiol groups is 2. The lowest BCUT2D eigenvalue weighted by molar-refractivity contribution is -0.114. The lowest BCUT2D eigenvalue weighted by atomic mass is 10.1. The fraction of sp³-hybridized carbons (Fsp3) is 0.0588. The van der Waals surface area contributed by atoms with E-state index in [0.717, 1.165) is 19.1 Å². The van der Waals surface area contributed by atoms with Crippen LogP contribution in [0, 0.1) is 0 Å². The molecule has 0 bridgehead atoms. The van der Waals surface area contributed by atoms with E-state index >= 15 is 0 Å². The van der Waals surface area contributed by atoms with Crippen LogP contribution in [0.1, 0.15) is 17.3 Å². The first kappa shape index (κ1) is 42.8. The Morgan fingerprint density at radius 1 is 0.661 bits per heavy atom. The summed E-state index contributed by atoms with van der Waals surface area (Å²) in [5.74, 6) is -2.35. The average molecular weight is 864 g/mol. The van der Waals surface area contributed by atoms with Crippen molar-refractivity contribution in [1.29, 1.82) is 0 Å². The van der Waals surface area contributed by atoms with Crippen LogP contribution in [-0.4, -0.2) is 53.9 Å². The van der Waals surface area contributed by atoms with Crippen molar-refractivity contribution >= 4 is 106 Å². The second-order valence-electron chi connectivity index (χ2n) is 11.6. The number of benzene rings is 5. The summed E-state index contributed by atoms with van der Waals surface area (Å²) in [4.78, 5) is 23.8. The fourth-order valence-corrected chi connectivity index (χ4v) is 6.47. The van der Waals surface area contributed by atoms with Gasteiger partial charge in [-0.3, -0.25) is 9.35 Å². The lowest BCUT2D eigenvalue weighted by Crippen LogP contribution is -2.06. The van der Waals surface area contributed by atoms with Crippen molar-refractivity contribution in [3.8, 4) is 5.75 Å². The Labute approximate surface area is 336 Å². The molecule has 0 spiro atoms. The molecule has 0 aliphatic carbocycles. The number of carbonyl (C=O) groups is 2. The minimum atomic E-state index is -4.99. The van der Waals surface area contributed by atoms with Crippen molar-refractivity contribution in [3.63, 3.8) is 0 Å². The van der Waals surface area contributed by atoms with E-state index in [9.17, 15) is 44.5 Å². The summed E-state index contributed by atoms with van der Waals surface area (Å²) in [6, 6.07) is 18.6. The predicted octanol–water partition coefficient (Wildman–Crippen LogP) is 7.37. The second-order valence-corrected chi connectivity index (χ2v) is 15.0. The van der Waals surface area contributed by atoms with Crippen molar-refractivity contribution in [2.45, 2.75) is 21.6 Å². The zero-order valence-corrected chi connectivity index (χ0v) is 32.8. The number of anilines is 3. The molecule has 0 aromatic heterocycles. The first-order valence-corrected chi connectivity index (χ1v) is 20.0. The van der Waals surface area contributed by atoms with Gasteiger partial charge in [0, 0.05) is 13.0 Å². The quantitative estimate of drug-likeness (QED) is 0.0248. The average Bonchev–Trinajstić information content (AvgIpc) is 3.19. The maximum Gasteiger partial charge on any atom is 0.340 e. The van der Waals surface area contributed by atoms with Crippen LogP contribution in [0.15, 0.2) is 141 Å². The number of nitrogens with two attached hydrogens (primary N) is 2. The lowest BCUT2D eigenvalue weighted by Gasteiger charge is -2.14. The molecule has 7 N–H and O–H groups in total. The number of nitrogens with one attached hydrogen (secondary N) is 1. The number of ether oxygens (including phenoxy) is 1. The molecule has 59 heavy (non-hydrogen) atoms. The zero-order chi connectivity index (χ0) is 43.0. The number of aromatic carboxylic acids is 1. The molecule has 5 rings (SSSR count). The highest BCUT2D eigenvalue weighted by atomic mass is 32.2. The Kier molecular flexibility index (Phi) is 13.3. The molecular weight excluding hydrogens is 835 g/mol. The van der Waals surface area contributed by atoms with Crippen LogP contribution in [0.25, 0.3) is 0 Å². The zero-order valence-electron chi connectivity index (χ0n) is 30.2. The predicted molar refractivity (Wildman–Crippen MR) is 213 cm³/mol. The standard InChI is InChI=1S/C34H29N11O11S3/c1-17(46)37-23-15-25(26(56-2)16-24(23)41-40-22-13-12-21(58(51)52)14-27(22)59(53,54)55)42-44-32-28(34(47)48)31(43-39-19-8-10-20(11-9-19)57(49)50)29(35)33(30(32)36)45-38-18-6-4-3-5-7-18/h3-16,57-58H,35-36H2,1-2H3,(H,37,46)(H,47,48)(H,53,54,55). The van der Waals surface area contributed by atoms with Crippen molar-refractivity contribution in [2.75, 3.05) is 23.9 Å². The van der Waals surface area contributed by atoms with Gasteiger partial charge in [-0.1, -0.05) is 18.2 Å². The third kappa shape index (κ3) is 10.3. The van der Waals surface area contributed by atoms with Crippen LogP contribution in [0.3, 0.4) is 0 Å². The van der Waals surface area contributed by atoms with Crippen LogP contribution < -0.4 is 21.5 Å². The molecule has 25 heteroatoms. The summed E-state index contributed by atoms with van der Waals surface area (Å²) in [5.41, 5.74) is 9.73. The van der Waals surface area contributed by atoms with E-state index in [1.165, 1.54) is 43.5 Å². The van der Waals surface area contributed by atoms with Gasteiger partial charge in [0.2, 0.25) is 5.91 Å². The van der Waals surface area contributed by atoms with Crippen LogP contribution >= 0.6 is 0 Å². The molecule has 0 unspecified atom stereocenters. The maximum absolute atomic E-state index is 12.8. The molecule has 5 aromatic carbocycles. The normalized spacial score (nSPS) is 12.1. The van der Waals surface area contributed by atoms with E-state index in [0.29, 0.717) is 11.8 Å². The Morgan fingerprint density at radius 2 is 1.19 bits per heavy atom. The number of hydrogen-bond acceptors (Lipinski definition) is 19. The Balaban J connectivity index is 1.68. The first-order chi connectivity index (χ1) is 28.0. The molecule has 22 nitrogen and oxygen atoms in total.